The predicted molar refractivity (Wildman–Crippen MR) is 101 cm³/mol. The zero-order chi connectivity index (χ0) is 16.4. The van der Waals surface area contributed by atoms with E-state index in [2.05, 4.69) is 41.3 Å². The molecule has 1 aliphatic heterocycles. The molecule has 3 aromatic carbocycles. The van der Waals surface area contributed by atoms with Gasteiger partial charge in [0, 0.05) is 17.1 Å². The first-order chi connectivity index (χ1) is 11.8. The highest BCUT2D eigenvalue weighted by Crippen LogP contribution is 2.40. The van der Waals surface area contributed by atoms with Crippen molar-refractivity contribution in [2.75, 3.05) is 4.90 Å². The Kier molecular flexibility index (Phi) is 4.06. The van der Waals surface area contributed by atoms with Gasteiger partial charge in [-0.2, -0.15) is 0 Å². The van der Waals surface area contributed by atoms with Crippen LogP contribution in [-0.4, -0.2) is 5.84 Å². The van der Waals surface area contributed by atoms with Crippen LogP contribution in [0.2, 0.25) is 5.02 Å². The van der Waals surface area contributed by atoms with Gasteiger partial charge in [0.2, 0.25) is 0 Å². The van der Waals surface area contributed by atoms with E-state index in [1.165, 1.54) is 11.3 Å². The Labute approximate surface area is 147 Å². The molecule has 0 N–H and O–H groups in total. The fraction of sp³-hybridized carbons (Fsp3) is 0.0952. The number of halogens is 1. The Morgan fingerprint density at radius 1 is 0.792 bits per heavy atom. The minimum absolute atomic E-state index is 0.298. The van der Waals surface area contributed by atoms with Crippen LogP contribution in [0, 0.1) is 0 Å². The van der Waals surface area contributed by atoms with Crippen LogP contribution in [0.1, 0.15) is 18.0 Å². The van der Waals surface area contributed by atoms with Gasteiger partial charge in [-0.05, 0) is 42.0 Å². The van der Waals surface area contributed by atoms with Gasteiger partial charge < -0.3 is 4.90 Å². The van der Waals surface area contributed by atoms with Crippen LogP contribution in [0.25, 0.3) is 0 Å². The fourth-order valence-corrected chi connectivity index (χ4v) is 3.18. The average molecular weight is 333 g/mol. The van der Waals surface area contributed by atoms with Gasteiger partial charge in [-0.25, -0.2) is 4.99 Å². The number of amidine groups is 1. The molecule has 1 atom stereocenters. The third-order valence-corrected chi connectivity index (χ3v) is 4.52. The summed E-state index contributed by atoms with van der Waals surface area (Å²) in [5.74, 6) is 1.09. The number of hydrogen-bond acceptors (Lipinski definition) is 1. The highest BCUT2D eigenvalue weighted by molar-refractivity contribution is 6.30. The summed E-state index contributed by atoms with van der Waals surface area (Å²) in [5.41, 5.74) is 3.41. The monoisotopic (exact) mass is 332 g/mol. The summed E-state index contributed by atoms with van der Waals surface area (Å²) < 4.78 is 0. The predicted octanol–water partition coefficient (Wildman–Crippen LogP) is 6.02. The lowest BCUT2D eigenvalue weighted by Gasteiger charge is -2.44. The van der Waals surface area contributed by atoms with Crippen LogP contribution in [0.5, 0.6) is 0 Å². The average Bonchev–Trinajstić information content (AvgIpc) is 2.61. The minimum atomic E-state index is 0.298. The second-order valence-electron chi connectivity index (χ2n) is 5.84. The van der Waals surface area contributed by atoms with E-state index in [1.54, 1.807) is 0 Å². The van der Waals surface area contributed by atoms with Crippen molar-refractivity contribution >= 4 is 28.8 Å². The smallest absolute Gasteiger partial charge is 0.112 e. The van der Waals surface area contributed by atoms with Crippen molar-refractivity contribution in [1.29, 1.82) is 0 Å². The SMILES string of the molecule is Clc1ccc(C2CC(=Nc3ccccc3)N2c2ccccc2)cc1. The molecule has 1 unspecified atom stereocenters. The van der Waals surface area contributed by atoms with E-state index in [4.69, 9.17) is 16.6 Å². The van der Waals surface area contributed by atoms with Crippen molar-refractivity contribution in [3.8, 4) is 0 Å². The van der Waals surface area contributed by atoms with E-state index in [-0.39, 0.29) is 0 Å². The molecule has 1 heterocycles. The highest BCUT2D eigenvalue weighted by Gasteiger charge is 2.36. The molecule has 3 aromatic rings. The molecular weight excluding hydrogens is 316 g/mol. The lowest BCUT2D eigenvalue weighted by molar-refractivity contribution is 0.652. The van der Waals surface area contributed by atoms with Crippen molar-refractivity contribution < 1.29 is 0 Å². The molecule has 0 radical (unpaired) electrons. The number of anilines is 1. The Morgan fingerprint density at radius 2 is 1.42 bits per heavy atom. The molecule has 0 aromatic heterocycles. The largest absolute Gasteiger partial charge is 0.322 e. The summed E-state index contributed by atoms with van der Waals surface area (Å²) in [4.78, 5) is 7.13. The summed E-state index contributed by atoms with van der Waals surface area (Å²) in [7, 11) is 0. The van der Waals surface area contributed by atoms with Crippen LogP contribution in [-0.2, 0) is 0 Å². The Morgan fingerprint density at radius 3 is 2.08 bits per heavy atom. The number of benzene rings is 3. The van der Waals surface area contributed by atoms with Crippen LogP contribution in [0.15, 0.2) is 89.9 Å². The first kappa shape index (κ1) is 15.0. The molecule has 24 heavy (non-hydrogen) atoms. The number of rotatable bonds is 3. The number of aliphatic imine (C=N–C) groups is 1. The maximum atomic E-state index is 6.03. The third-order valence-electron chi connectivity index (χ3n) is 4.27. The Balaban J connectivity index is 1.70. The molecule has 0 bridgehead atoms. The first-order valence-electron chi connectivity index (χ1n) is 8.03. The lowest BCUT2D eigenvalue weighted by Crippen LogP contribution is -2.46. The molecule has 0 aliphatic carbocycles. The van der Waals surface area contributed by atoms with Crippen molar-refractivity contribution in [2.24, 2.45) is 4.99 Å². The molecule has 0 saturated carbocycles. The van der Waals surface area contributed by atoms with Gasteiger partial charge in [0.15, 0.2) is 0 Å². The number of nitrogens with zero attached hydrogens (tertiary/aromatic N) is 2. The van der Waals surface area contributed by atoms with Crippen LogP contribution >= 0.6 is 11.6 Å². The topological polar surface area (TPSA) is 15.6 Å². The molecule has 2 nitrogen and oxygen atoms in total. The van der Waals surface area contributed by atoms with Crippen molar-refractivity contribution in [3.05, 3.63) is 95.5 Å². The summed E-state index contributed by atoms with van der Waals surface area (Å²) in [6.07, 6.45) is 0.922. The lowest BCUT2D eigenvalue weighted by atomic mass is 9.92. The molecule has 0 amide bonds. The van der Waals surface area contributed by atoms with Gasteiger partial charge in [0.25, 0.3) is 0 Å². The highest BCUT2D eigenvalue weighted by atomic mass is 35.5. The van der Waals surface area contributed by atoms with E-state index in [0.717, 1.165) is 23.0 Å². The zero-order valence-electron chi connectivity index (χ0n) is 13.1. The second-order valence-corrected chi connectivity index (χ2v) is 6.28. The summed E-state index contributed by atoms with van der Waals surface area (Å²) in [6.45, 7) is 0. The van der Waals surface area contributed by atoms with E-state index in [9.17, 15) is 0 Å². The van der Waals surface area contributed by atoms with Crippen LogP contribution < -0.4 is 4.90 Å². The van der Waals surface area contributed by atoms with Crippen LogP contribution in [0.3, 0.4) is 0 Å². The summed E-state index contributed by atoms with van der Waals surface area (Å²) in [5, 5.41) is 0.766. The van der Waals surface area contributed by atoms with Gasteiger partial charge >= 0.3 is 0 Å². The maximum absolute atomic E-state index is 6.03. The van der Waals surface area contributed by atoms with Gasteiger partial charge in [0.1, 0.15) is 5.84 Å². The van der Waals surface area contributed by atoms with E-state index >= 15 is 0 Å². The fourth-order valence-electron chi connectivity index (χ4n) is 3.05. The molecule has 1 fully saturated rings. The standard InChI is InChI=1S/C21H17ClN2/c22-17-13-11-16(12-14-17)20-15-21(23-18-7-3-1-4-8-18)24(20)19-9-5-2-6-10-19/h1-14,20H,15H2. The van der Waals surface area contributed by atoms with Crippen molar-refractivity contribution in [2.45, 2.75) is 12.5 Å². The van der Waals surface area contributed by atoms with Crippen molar-refractivity contribution in [3.63, 3.8) is 0 Å². The molecule has 1 aliphatic rings. The van der Waals surface area contributed by atoms with Gasteiger partial charge in [-0.15, -0.1) is 0 Å². The van der Waals surface area contributed by atoms with E-state index in [1.807, 2.05) is 48.5 Å². The molecule has 1 saturated heterocycles. The third kappa shape index (κ3) is 2.93. The zero-order valence-corrected chi connectivity index (χ0v) is 13.9. The second kappa shape index (κ2) is 6.50. The summed E-state index contributed by atoms with van der Waals surface area (Å²) in [6, 6.07) is 28.9. The summed E-state index contributed by atoms with van der Waals surface area (Å²) >= 11 is 6.03. The normalized spacial score (nSPS) is 18.5. The molecule has 4 rings (SSSR count). The van der Waals surface area contributed by atoms with E-state index in [0.29, 0.717) is 6.04 Å². The number of para-hydroxylation sites is 2. The number of hydrogen-bond donors (Lipinski definition) is 0. The van der Waals surface area contributed by atoms with Gasteiger partial charge in [-0.3, -0.25) is 0 Å². The van der Waals surface area contributed by atoms with Gasteiger partial charge in [0.05, 0.1) is 11.7 Å². The minimum Gasteiger partial charge on any atom is -0.322 e. The maximum Gasteiger partial charge on any atom is 0.112 e. The quantitative estimate of drug-likeness (QED) is 0.572. The molecule has 0 spiro atoms. The van der Waals surface area contributed by atoms with Crippen molar-refractivity contribution in [1.82, 2.24) is 0 Å². The Hall–Kier alpha value is -2.58. The van der Waals surface area contributed by atoms with Gasteiger partial charge in [-0.1, -0.05) is 60.1 Å². The Bertz CT molecular complexity index is 842. The molecule has 118 valence electrons. The first-order valence-corrected chi connectivity index (χ1v) is 8.41. The molecule has 3 heteroatoms. The molecular formula is C21H17ClN2. The van der Waals surface area contributed by atoms with Crippen LogP contribution in [0.4, 0.5) is 11.4 Å². The van der Waals surface area contributed by atoms with E-state index < -0.39 is 0 Å².